The molecule has 0 fully saturated rings. The zero-order valence-corrected chi connectivity index (χ0v) is 17.4. The fourth-order valence-corrected chi connectivity index (χ4v) is 4.03. The van der Waals surface area contributed by atoms with Crippen molar-refractivity contribution in [1.29, 1.82) is 0 Å². The number of pyridine rings is 2. The normalized spacial score (nSPS) is 12.0. The van der Waals surface area contributed by atoms with Gasteiger partial charge in [-0.2, -0.15) is 4.98 Å². The Morgan fingerprint density at radius 1 is 1.19 bits per heavy atom. The SMILES string of the molecule is COc1ccc2c(ncc3c2n(Cc2c(F)cc(S(N)(=O)=O)cc2F)c(=O)n3CCO)n1. The summed E-state index contributed by atoms with van der Waals surface area (Å²) in [5.41, 5.74) is -0.330. The van der Waals surface area contributed by atoms with Crippen LogP contribution in [-0.2, 0) is 23.1 Å². The first-order valence-electron chi connectivity index (χ1n) is 9.20. The van der Waals surface area contributed by atoms with Crippen molar-refractivity contribution in [2.45, 2.75) is 18.0 Å². The maximum Gasteiger partial charge on any atom is 0.329 e. The van der Waals surface area contributed by atoms with Gasteiger partial charge in [0.15, 0.2) is 5.65 Å². The number of fused-ring (bicyclic) bond motifs is 3. The van der Waals surface area contributed by atoms with Crippen molar-refractivity contribution >= 4 is 32.1 Å². The minimum Gasteiger partial charge on any atom is -0.481 e. The monoisotopic (exact) mass is 465 g/mol. The summed E-state index contributed by atoms with van der Waals surface area (Å²) in [4.78, 5) is 20.8. The molecule has 0 unspecified atom stereocenters. The molecule has 4 rings (SSSR count). The van der Waals surface area contributed by atoms with Crippen molar-refractivity contribution in [3.05, 3.63) is 58.1 Å². The summed E-state index contributed by atoms with van der Waals surface area (Å²) in [6.07, 6.45) is 1.37. The minimum absolute atomic E-state index is 0.0750. The molecule has 0 aliphatic rings. The van der Waals surface area contributed by atoms with Gasteiger partial charge in [0.05, 0.1) is 48.9 Å². The molecule has 13 heteroatoms. The molecular weight excluding hydrogens is 448 g/mol. The number of halogens is 2. The summed E-state index contributed by atoms with van der Waals surface area (Å²) in [7, 11) is -2.90. The average Bonchev–Trinajstić information content (AvgIpc) is 3.01. The molecule has 3 N–H and O–H groups in total. The van der Waals surface area contributed by atoms with Crippen LogP contribution in [-0.4, -0.2) is 46.3 Å². The first-order valence-corrected chi connectivity index (χ1v) is 10.7. The highest BCUT2D eigenvalue weighted by Crippen LogP contribution is 2.26. The lowest BCUT2D eigenvalue weighted by Crippen LogP contribution is -2.26. The van der Waals surface area contributed by atoms with E-state index < -0.39 is 44.4 Å². The third kappa shape index (κ3) is 3.59. The van der Waals surface area contributed by atoms with Crippen LogP contribution in [0.4, 0.5) is 8.78 Å². The van der Waals surface area contributed by atoms with Crippen LogP contribution in [0.15, 0.2) is 40.2 Å². The number of aliphatic hydroxyl groups is 1. The standard InChI is InChI=1S/C19H17F2N5O5S/c1-31-16-3-2-11-17-15(8-23-18(11)24-16)25(4-5-27)19(28)26(17)9-12-13(20)6-10(7-14(12)21)32(22,29)30/h2-3,6-8,27H,4-5,9H2,1H3,(H2,22,29,30). The number of aliphatic hydroxyl groups excluding tert-OH is 1. The first kappa shape index (κ1) is 21.8. The summed E-state index contributed by atoms with van der Waals surface area (Å²) in [5, 5.41) is 14.7. The average molecular weight is 465 g/mol. The highest BCUT2D eigenvalue weighted by molar-refractivity contribution is 7.89. The second-order valence-corrected chi connectivity index (χ2v) is 8.43. The van der Waals surface area contributed by atoms with E-state index in [0.717, 1.165) is 4.57 Å². The number of methoxy groups -OCH3 is 1. The summed E-state index contributed by atoms with van der Waals surface area (Å²) >= 11 is 0. The van der Waals surface area contributed by atoms with Gasteiger partial charge in [0.25, 0.3) is 0 Å². The number of rotatable bonds is 6. The van der Waals surface area contributed by atoms with Crippen LogP contribution in [0.3, 0.4) is 0 Å². The Morgan fingerprint density at radius 3 is 2.47 bits per heavy atom. The van der Waals surface area contributed by atoms with Gasteiger partial charge in [-0.15, -0.1) is 0 Å². The summed E-state index contributed by atoms with van der Waals surface area (Å²) in [6, 6.07) is 4.34. The molecule has 3 aromatic heterocycles. The molecule has 0 aliphatic carbocycles. The maximum absolute atomic E-state index is 14.7. The van der Waals surface area contributed by atoms with Crippen molar-refractivity contribution in [3.63, 3.8) is 0 Å². The van der Waals surface area contributed by atoms with E-state index >= 15 is 0 Å². The van der Waals surface area contributed by atoms with E-state index in [1.54, 1.807) is 12.1 Å². The Hall–Kier alpha value is -3.42. The zero-order chi connectivity index (χ0) is 23.2. The predicted molar refractivity (Wildman–Crippen MR) is 110 cm³/mol. The van der Waals surface area contributed by atoms with Crippen LogP contribution in [0.2, 0.25) is 0 Å². The predicted octanol–water partition coefficient (Wildman–Crippen LogP) is 0.721. The fraction of sp³-hybridized carbons (Fsp3) is 0.211. The molecule has 0 saturated heterocycles. The van der Waals surface area contributed by atoms with Crippen molar-refractivity contribution in [1.82, 2.24) is 19.1 Å². The molecule has 10 nitrogen and oxygen atoms in total. The number of primary sulfonamides is 1. The van der Waals surface area contributed by atoms with E-state index in [1.165, 1.54) is 17.9 Å². The van der Waals surface area contributed by atoms with Crippen molar-refractivity contribution in [2.24, 2.45) is 5.14 Å². The van der Waals surface area contributed by atoms with Gasteiger partial charge in [-0.25, -0.2) is 32.1 Å². The Kier molecular flexibility index (Phi) is 5.40. The van der Waals surface area contributed by atoms with Crippen LogP contribution < -0.4 is 15.6 Å². The molecule has 4 aromatic rings. The van der Waals surface area contributed by atoms with Crippen LogP contribution >= 0.6 is 0 Å². The first-order chi connectivity index (χ1) is 15.2. The van der Waals surface area contributed by atoms with Gasteiger partial charge in [-0.05, 0) is 18.2 Å². The van der Waals surface area contributed by atoms with Gasteiger partial charge in [0, 0.05) is 17.0 Å². The smallest absolute Gasteiger partial charge is 0.329 e. The van der Waals surface area contributed by atoms with Gasteiger partial charge < -0.3 is 9.84 Å². The molecule has 0 radical (unpaired) electrons. The molecule has 0 bridgehead atoms. The van der Waals surface area contributed by atoms with E-state index in [2.05, 4.69) is 9.97 Å². The largest absolute Gasteiger partial charge is 0.481 e. The van der Waals surface area contributed by atoms with E-state index in [9.17, 15) is 27.1 Å². The summed E-state index contributed by atoms with van der Waals surface area (Å²) in [5.74, 6) is -2.08. The lowest BCUT2D eigenvalue weighted by atomic mass is 10.2. The molecule has 0 spiro atoms. The van der Waals surface area contributed by atoms with Crippen LogP contribution in [0.25, 0.3) is 22.1 Å². The molecule has 168 valence electrons. The van der Waals surface area contributed by atoms with E-state index in [4.69, 9.17) is 9.88 Å². The highest BCUT2D eigenvalue weighted by Gasteiger charge is 2.22. The number of imidazole rings is 1. The molecule has 32 heavy (non-hydrogen) atoms. The third-order valence-corrected chi connectivity index (χ3v) is 5.86. The van der Waals surface area contributed by atoms with Gasteiger partial charge in [-0.1, -0.05) is 0 Å². The number of ether oxygens (including phenoxy) is 1. The zero-order valence-electron chi connectivity index (χ0n) is 16.6. The van der Waals surface area contributed by atoms with Crippen molar-refractivity contribution in [3.8, 4) is 5.88 Å². The third-order valence-electron chi connectivity index (χ3n) is 4.97. The molecular formula is C19H17F2N5O5S. The van der Waals surface area contributed by atoms with Gasteiger partial charge in [-0.3, -0.25) is 9.13 Å². The Bertz CT molecular complexity index is 1510. The van der Waals surface area contributed by atoms with E-state index in [1.807, 2.05) is 0 Å². The lowest BCUT2D eigenvalue weighted by Gasteiger charge is -2.10. The number of hydrogen-bond acceptors (Lipinski definition) is 7. The molecule has 0 atom stereocenters. The van der Waals surface area contributed by atoms with Crippen molar-refractivity contribution in [2.75, 3.05) is 13.7 Å². The molecule has 0 amide bonds. The highest BCUT2D eigenvalue weighted by atomic mass is 32.2. The minimum atomic E-state index is -4.33. The van der Waals surface area contributed by atoms with Crippen LogP contribution in [0.5, 0.6) is 5.88 Å². The molecule has 3 heterocycles. The number of aromatic nitrogens is 4. The Balaban J connectivity index is 1.99. The second-order valence-electron chi connectivity index (χ2n) is 6.87. The number of nitrogens with zero attached hydrogens (tertiary/aromatic N) is 4. The summed E-state index contributed by atoms with van der Waals surface area (Å²) in [6.45, 7) is -0.987. The van der Waals surface area contributed by atoms with Crippen molar-refractivity contribution < 1.29 is 27.0 Å². The quantitative estimate of drug-likeness (QED) is 0.427. The Labute approximate surface area is 179 Å². The molecule has 0 aliphatic heterocycles. The summed E-state index contributed by atoms with van der Waals surface area (Å²) < 4.78 is 59.6. The number of nitrogens with two attached hydrogens (primary N) is 1. The molecule has 1 aromatic carbocycles. The molecule has 0 saturated carbocycles. The number of hydrogen-bond donors (Lipinski definition) is 2. The van der Waals surface area contributed by atoms with Gasteiger partial charge in [0.2, 0.25) is 15.9 Å². The number of benzene rings is 1. The maximum atomic E-state index is 14.7. The fourth-order valence-electron chi connectivity index (χ4n) is 3.49. The van der Waals surface area contributed by atoms with Crippen LogP contribution in [0.1, 0.15) is 5.56 Å². The lowest BCUT2D eigenvalue weighted by molar-refractivity contribution is 0.275. The Morgan fingerprint density at radius 2 is 1.88 bits per heavy atom. The van der Waals surface area contributed by atoms with E-state index in [0.29, 0.717) is 23.0 Å². The van der Waals surface area contributed by atoms with Gasteiger partial charge in [0.1, 0.15) is 11.6 Å². The second kappa shape index (κ2) is 7.93. The van der Waals surface area contributed by atoms with E-state index in [-0.39, 0.29) is 30.2 Å². The van der Waals surface area contributed by atoms with Crippen LogP contribution in [0, 0.1) is 11.6 Å². The van der Waals surface area contributed by atoms with Gasteiger partial charge >= 0.3 is 5.69 Å². The topological polar surface area (TPSA) is 142 Å². The number of sulfonamides is 1.